The monoisotopic (exact) mass is 323 g/mol. The van der Waals surface area contributed by atoms with Crippen LogP contribution >= 0.6 is 15.9 Å². The quantitative estimate of drug-likeness (QED) is 0.939. The van der Waals surface area contributed by atoms with Crippen LogP contribution < -0.4 is 5.32 Å². The van der Waals surface area contributed by atoms with Crippen molar-refractivity contribution >= 4 is 15.9 Å². The third-order valence-electron chi connectivity index (χ3n) is 2.69. The molecule has 0 aliphatic carbocycles. The number of hydrogen-bond acceptors (Lipinski definition) is 4. The van der Waals surface area contributed by atoms with Crippen LogP contribution in [0.4, 0.5) is 0 Å². The minimum absolute atomic E-state index is 0.422. The van der Waals surface area contributed by atoms with Gasteiger partial charge in [0.2, 0.25) is 0 Å². The molecule has 0 saturated carbocycles. The number of pyridine rings is 1. The van der Waals surface area contributed by atoms with E-state index in [1.807, 2.05) is 13.8 Å². The lowest BCUT2D eigenvalue weighted by atomic mass is 10.2. The maximum Gasteiger partial charge on any atom is 0.160 e. The molecular formula is C13H18BrN5. The predicted octanol–water partition coefficient (Wildman–Crippen LogP) is 2.54. The molecule has 0 aliphatic rings. The Morgan fingerprint density at radius 1 is 1.37 bits per heavy atom. The first-order valence-corrected chi connectivity index (χ1v) is 7.05. The highest BCUT2D eigenvalue weighted by Gasteiger charge is 2.12. The number of halogens is 1. The fourth-order valence-corrected chi connectivity index (χ4v) is 2.21. The number of nitrogens with one attached hydrogen (secondary N) is 1. The third-order valence-corrected chi connectivity index (χ3v) is 3.12. The smallest absolute Gasteiger partial charge is 0.160 e. The molecule has 0 amide bonds. The highest BCUT2D eigenvalue weighted by Crippen LogP contribution is 2.18. The molecule has 0 aromatic carbocycles. The molecule has 2 aromatic heterocycles. The molecule has 0 radical (unpaired) electrons. The third kappa shape index (κ3) is 3.39. The summed E-state index contributed by atoms with van der Waals surface area (Å²) >= 11 is 3.46. The van der Waals surface area contributed by atoms with E-state index in [4.69, 9.17) is 0 Å². The van der Waals surface area contributed by atoms with Gasteiger partial charge in [0.05, 0.1) is 0 Å². The average molecular weight is 324 g/mol. The van der Waals surface area contributed by atoms with Gasteiger partial charge in [0.15, 0.2) is 5.82 Å². The summed E-state index contributed by atoms with van der Waals surface area (Å²) in [4.78, 5) is 8.80. The predicted molar refractivity (Wildman–Crippen MR) is 78.3 cm³/mol. The van der Waals surface area contributed by atoms with Crippen LogP contribution in [0.25, 0.3) is 5.82 Å². The molecule has 0 unspecified atom stereocenters. The standard InChI is InChI=1S/C13H18BrN5/c1-8(2)15-6-11-5-12(14)7-16-13(11)19-10(4)17-9(3)18-19/h5,7-8,15H,6H2,1-4H3. The largest absolute Gasteiger partial charge is 0.310 e. The van der Waals surface area contributed by atoms with E-state index in [-0.39, 0.29) is 0 Å². The zero-order valence-electron chi connectivity index (χ0n) is 11.6. The van der Waals surface area contributed by atoms with E-state index in [0.29, 0.717) is 6.04 Å². The van der Waals surface area contributed by atoms with Crippen LogP contribution in [0.5, 0.6) is 0 Å². The second-order valence-electron chi connectivity index (χ2n) is 4.79. The molecule has 1 N–H and O–H groups in total. The summed E-state index contributed by atoms with van der Waals surface area (Å²) in [6, 6.07) is 2.49. The normalized spacial score (nSPS) is 11.3. The molecule has 0 fully saturated rings. The number of hydrogen-bond donors (Lipinski definition) is 1. The number of nitrogens with zero attached hydrogens (tertiary/aromatic N) is 4. The van der Waals surface area contributed by atoms with E-state index in [1.165, 1.54) is 0 Å². The SMILES string of the molecule is Cc1nc(C)n(-c2ncc(Br)cc2CNC(C)C)n1. The van der Waals surface area contributed by atoms with Crippen molar-refractivity contribution in [2.75, 3.05) is 0 Å². The summed E-state index contributed by atoms with van der Waals surface area (Å²) in [6.07, 6.45) is 1.78. The zero-order valence-corrected chi connectivity index (χ0v) is 13.2. The first-order chi connectivity index (χ1) is 8.97. The van der Waals surface area contributed by atoms with Gasteiger partial charge in [-0.2, -0.15) is 4.68 Å². The van der Waals surface area contributed by atoms with Gasteiger partial charge in [-0.25, -0.2) is 9.97 Å². The lowest BCUT2D eigenvalue weighted by Gasteiger charge is -2.12. The van der Waals surface area contributed by atoms with Gasteiger partial charge in [0.25, 0.3) is 0 Å². The summed E-state index contributed by atoms with van der Waals surface area (Å²) in [6.45, 7) is 8.81. The van der Waals surface area contributed by atoms with Crippen molar-refractivity contribution in [2.45, 2.75) is 40.3 Å². The van der Waals surface area contributed by atoms with Gasteiger partial charge in [0, 0.05) is 28.8 Å². The first kappa shape index (κ1) is 14.1. The molecule has 2 heterocycles. The van der Waals surface area contributed by atoms with E-state index in [1.54, 1.807) is 10.9 Å². The summed E-state index contributed by atoms with van der Waals surface area (Å²) in [5.41, 5.74) is 1.09. The minimum atomic E-state index is 0.422. The van der Waals surface area contributed by atoms with Crippen LogP contribution in [-0.4, -0.2) is 25.8 Å². The molecule has 0 aliphatic heterocycles. The minimum Gasteiger partial charge on any atom is -0.310 e. The van der Waals surface area contributed by atoms with E-state index >= 15 is 0 Å². The van der Waals surface area contributed by atoms with E-state index < -0.39 is 0 Å². The second kappa shape index (κ2) is 5.79. The van der Waals surface area contributed by atoms with Gasteiger partial charge in [0.1, 0.15) is 11.6 Å². The molecule has 102 valence electrons. The van der Waals surface area contributed by atoms with Gasteiger partial charge in [-0.3, -0.25) is 0 Å². The second-order valence-corrected chi connectivity index (χ2v) is 5.71. The number of aryl methyl sites for hydroxylation is 2. The van der Waals surface area contributed by atoms with Crippen LogP contribution in [0.15, 0.2) is 16.7 Å². The molecule has 19 heavy (non-hydrogen) atoms. The molecule has 5 nitrogen and oxygen atoms in total. The highest BCUT2D eigenvalue weighted by atomic mass is 79.9. The number of aromatic nitrogens is 4. The van der Waals surface area contributed by atoms with Gasteiger partial charge >= 0.3 is 0 Å². The summed E-state index contributed by atoms with van der Waals surface area (Å²) < 4.78 is 2.75. The van der Waals surface area contributed by atoms with Crippen LogP contribution in [-0.2, 0) is 6.54 Å². The van der Waals surface area contributed by atoms with Crippen molar-refractivity contribution in [1.29, 1.82) is 0 Å². The van der Waals surface area contributed by atoms with Crippen molar-refractivity contribution < 1.29 is 0 Å². The Balaban J connectivity index is 2.41. The van der Waals surface area contributed by atoms with Crippen LogP contribution in [0.3, 0.4) is 0 Å². The van der Waals surface area contributed by atoms with Crippen LogP contribution in [0, 0.1) is 13.8 Å². The van der Waals surface area contributed by atoms with Crippen LogP contribution in [0.2, 0.25) is 0 Å². The molecule has 0 atom stereocenters. The Labute approximate surface area is 121 Å². The number of rotatable bonds is 4. The van der Waals surface area contributed by atoms with Crippen molar-refractivity contribution in [3.63, 3.8) is 0 Å². The van der Waals surface area contributed by atoms with Crippen molar-refractivity contribution in [1.82, 2.24) is 25.1 Å². The lowest BCUT2D eigenvalue weighted by molar-refractivity contribution is 0.584. The summed E-state index contributed by atoms with van der Waals surface area (Å²) in [7, 11) is 0. The summed E-state index contributed by atoms with van der Waals surface area (Å²) in [5, 5.41) is 7.80. The average Bonchev–Trinajstić information content (AvgIpc) is 2.66. The van der Waals surface area contributed by atoms with E-state index in [2.05, 4.69) is 56.2 Å². The molecule has 2 rings (SSSR count). The molecule has 6 heteroatoms. The molecule has 0 saturated heterocycles. The maximum absolute atomic E-state index is 4.47. The first-order valence-electron chi connectivity index (χ1n) is 6.26. The Bertz CT molecular complexity index is 576. The molecular weight excluding hydrogens is 306 g/mol. The Morgan fingerprint density at radius 2 is 2.11 bits per heavy atom. The van der Waals surface area contributed by atoms with Crippen molar-refractivity contribution in [2.24, 2.45) is 0 Å². The van der Waals surface area contributed by atoms with E-state index in [0.717, 1.165) is 34.0 Å². The highest BCUT2D eigenvalue weighted by molar-refractivity contribution is 9.10. The Morgan fingerprint density at radius 3 is 2.68 bits per heavy atom. The Kier molecular flexibility index (Phi) is 4.31. The van der Waals surface area contributed by atoms with E-state index in [9.17, 15) is 0 Å². The van der Waals surface area contributed by atoms with Crippen molar-refractivity contribution in [3.8, 4) is 5.82 Å². The fraction of sp³-hybridized carbons (Fsp3) is 0.462. The van der Waals surface area contributed by atoms with Gasteiger partial charge in [-0.15, -0.1) is 5.10 Å². The zero-order chi connectivity index (χ0) is 14.0. The molecule has 0 bridgehead atoms. The summed E-state index contributed by atoms with van der Waals surface area (Å²) in [5.74, 6) is 2.43. The molecule has 0 spiro atoms. The molecule has 2 aromatic rings. The topological polar surface area (TPSA) is 55.6 Å². The van der Waals surface area contributed by atoms with Crippen LogP contribution in [0.1, 0.15) is 31.1 Å². The fourth-order valence-electron chi connectivity index (χ4n) is 1.83. The maximum atomic E-state index is 4.47. The van der Waals surface area contributed by atoms with Crippen molar-refractivity contribution in [3.05, 3.63) is 33.9 Å². The van der Waals surface area contributed by atoms with Gasteiger partial charge < -0.3 is 5.32 Å². The van der Waals surface area contributed by atoms with Gasteiger partial charge in [-0.05, 0) is 35.8 Å². The van der Waals surface area contributed by atoms with Gasteiger partial charge in [-0.1, -0.05) is 13.8 Å². The lowest BCUT2D eigenvalue weighted by Crippen LogP contribution is -2.23. The Hall–Kier alpha value is -1.27.